The van der Waals surface area contributed by atoms with Crippen LogP contribution in [-0.2, 0) is 4.79 Å². The molecule has 3 aromatic carbocycles. The molecule has 0 saturated heterocycles. The summed E-state index contributed by atoms with van der Waals surface area (Å²) in [5, 5.41) is 6.63. The molecule has 0 fully saturated rings. The van der Waals surface area contributed by atoms with Crippen LogP contribution in [0.25, 0.3) is 0 Å². The molecule has 1 heterocycles. The molecule has 0 saturated carbocycles. The second kappa shape index (κ2) is 11.9. The molecule has 1 aliphatic carbocycles. The van der Waals surface area contributed by atoms with Crippen molar-refractivity contribution in [3.05, 3.63) is 101 Å². The molecule has 0 radical (unpaired) electrons. The summed E-state index contributed by atoms with van der Waals surface area (Å²) in [5.41, 5.74) is 2.16. The average Bonchev–Trinajstić information content (AvgIpc) is 2.92. The summed E-state index contributed by atoms with van der Waals surface area (Å²) in [6.45, 7) is 1.96. The van der Waals surface area contributed by atoms with E-state index < -0.39 is 0 Å². The molecular weight excluding hydrogens is 557 g/mol. The number of anilines is 3. The predicted molar refractivity (Wildman–Crippen MR) is 161 cm³/mol. The maximum Gasteiger partial charge on any atom is 0.326 e. The predicted octanol–water partition coefficient (Wildman–Crippen LogP) is 8.51. The van der Waals surface area contributed by atoms with Crippen LogP contribution < -0.4 is 15.5 Å². The third-order valence-corrected chi connectivity index (χ3v) is 9.58. The Kier molecular flexibility index (Phi) is 8.39. The number of halogens is 2. The van der Waals surface area contributed by atoms with E-state index in [0.717, 1.165) is 15.5 Å². The monoisotopic (exact) mass is 581 g/mol. The lowest BCUT2D eigenvalue weighted by Gasteiger charge is -2.40. The van der Waals surface area contributed by atoms with Crippen molar-refractivity contribution in [2.45, 2.75) is 39.7 Å². The summed E-state index contributed by atoms with van der Waals surface area (Å²) in [5.74, 6) is -0.129. The van der Waals surface area contributed by atoms with Gasteiger partial charge in [0.2, 0.25) is 5.91 Å². The van der Waals surface area contributed by atoms with Gasteiger partial charge in [-0.25, -0.2) is 4.79 Å². The number of para-hydroxylation sites is 1. The fourth-order valence-electron chi connectivity index (χ4n) is 4.34. The number of allylic oxidation sites excluding steroid dienone is 2. The summed E-state index contributed by atoms with van der Waals surface area (Å²) < 4.78 is 0. The van der Waals surface area contributed by atoms with Gasteiger partial charge in [0.25, 0.3) is 0 Å². The molecule has 3 atom stereocenters. The molecule has 0 aromatic heterocycles. The number of amides is 3. The van der Waals surface area contributed by atoms with Gasteiger partial charge in [-0.1, -0.05) is 72.6 Å². The number of urea groups is 1. The Bertz CT molecular complexity index is 1430. The molecule has 9 heteroatoms. The topological polar surface area (TPSA) is 61.4 Å². The normalized spacial score (nSPS) is 18.3. The van der Waals surface area contributed by atoms with Gasteiger partial charge in [0.15, 0.2) is 0 Å². The van der Waals surface area contributed by atoms with Crippen LogP contribution in [0.15, 0.2) is 101 Å². The smallest absolute Gasteiger partial charge is 0.325 e. The van der Waals surface area contributed by atoms with Gasteiger partial charge in [-0.15, -0.1) is 23.5 Å². The molecule has 5 rings (SSSR count). The van der Waals surface area contributed by atoms with Crippen molar-refractivity contribution < 1.29 is 9.59 Å². The lowest BCUT2D eigenvalue weighted by atomic mass is 10.1. The minimum absolute atomic E-state index is 0.0769. The van der Waals surface area contributed by atoms with E-state index in [4.69, 9.17) is 23.2 Å². The number of benzene rings is 3. The van der Waals surface area contributed by atoms with E-state index in [9.17, 15) is 9.59 Å². The van der Waals surface area contributed by atoms with Crippen LogP contribution in [0, 0.1) is 0 Å². The first-order valence-corrected chi connectivity index (χ1v) is 14.7. The maximum atomic E-state index is 13.6. The summed E-state index contributed by atoms with van der Waals surface area (Å²) >= 11 is 15.3. The molecule has 0 bridgehead atoms. The van der Waals surface area contributed by atoms with Gasteiger partial charge in [-0.2, -0.15) is 0 Å². The highest BCUT2D eigenvalue weighted by Crippen LogP contribution is 2.43. The highest BCUT2D eigenvalue weighted by Gasteiger charge is 2.36. The molecular formula is C29H25Cl2N3O2S2. The Morgan fingerprint density at radius 3 is 2.55 bits per heavy atom. The number of thioether (sulfide) groups is 2. The fraction of sp³-hybridized carbons (Fsp3) is 0.172. The van der Waals surface area contributed by atoms with Gasteiger partial charge >= 0.3 is 6.03 Å². The number of nitrogens with one attached hydrogen (secondary N) is 2. The van der Waals surface area contributed by atoms with E-state index in [1.807, 2.05) is 72.5 Å². The third kappa shape index (κ3) is 5.91. The third-order valence-electron chi connectivity index (χ3n) is 6.18. The van der Waals surface area contributed by atoms with Crippen molar-refractivity contribution in [2.75, 3.05) is 15.5 Å². The first kappa shape index (κ1) is 26.8. The van der Waals surface area contributed by atoms with E-state index in [1.54, 1.807) is 30.0 Å². The van der Waals surface area contributed by atoms with E-state index >= 15 is 0 Å². The van der Waals surface area contributed by atoms with Crippen LogP contribution in [0.2, 0.25) is 10.0 Å². The Balaban J connectivity index is 1.30. The van der Waals surface area contributed by atoms with Gasteiger partial charge in [-0.3, -0.25) is 9.69 Å². The van der Waals surface area contributed by atoms with Crippen LogP contribution in [0.4, 0.5) is 21.9 Å². The number of hydrogen-bond donors (Lipinski definition) is 2. The Hall–Kier alpha value is -2.84. The molecule has 2 N–H and O–H groups in total. The molecule has 3 amide bonds. The minimum atomic E-state index is -0.332. The standard InChI is InChI=1S/C29H25Cl2N3O2S2/c1-2-25(28(35)32-19-14-15-21(30)22(31)17-19)37-20-9-7-8-18(16-20)33-29(36)34-23-10-3-5-12-26(23)38-27-13-6-4-11-24(27)34/h3-17,23,25-26H,2H2,1H3,(H,32,35)(H,33,36). The van der Waals surface area contributed by atoms with E-state index in [-0.39, 0.29) is 28.5 Å². The molecule has 3 unspecified atom stereocenters. The zero-order chi connectivity index (χ0) is 26.6. The lowest BCUT2D eigenvalue weighted by Crippen LogP contribution is -2.49. The van der Waals surface area contributed by atoms with Crippen LogP contribution in [-0.4, -0.2) is 28.5 Å². The summed E-state index contributed by atoms with van der Waals surface area (Å²) in [6, 6.07) is 20.3. The van der Waals surface area contributed by atoms with Gasteiger partial charge in [0.05, 0.1) is 32.3 Å². The Labute approximate surface area is 240 Å². The fourth-order valence-corrected chi connectivity index (χ4v) is 6.91. The van der Waals surface area contributed by atoms with E-state index in [0.29, 0.717) is 27.8 Å². The van der Waals surface area contributed by atoms with Gasteiger partial charge in [0.1, 0.15) is 0 Å². The van der Waals surface area contributed by atoms with Crippen molar-refractivity contribution in [3.8, 4) is 0 Å². The number of carbonyl (C=O) groups is 2. The summed E-state index contributed by atoms with van der Waals surface area (Å²) in [4.78, 5) is 30.3. The number of nitrogens with zero attached hydrogens (tertiary/aromatic N) is 1. The molecule has 1 aliphatic heterocycles. The Morgan fingerprint density at radius 1 is 0.947 bits per heavy atom. The second-order valence-corrected chi connectivity index (χ2v) is 12.1. The van der Waals surface area contributed by atoms with Crippen molar-refractivity contribution >= 4 is 75.7 Å². The first-order valence-electron chi connectivity index (χ1n) is 12.2. The molecule has 0 spiro atoms. The number of hydrogen-bond acceptors (Lipinski definition) is 4. The van der Waals surface area contributed by atoms with Crippen molar-refractivity contribution in [1.82, 2.24) is 0 Å². The molecule has 38 heavy (non-hydrogen) atoms. The van der Waals surface area contributed by atoms with Crippen molar-refractivity contribution in [1.29, 1.82) is 0 Å². The van der Waals surface area contributed by atoms with Gasteiger partial charge < -0.3 is 10.6 Å². The molecule has 3 aromatic rings. The number of rotatable bonds is 6. The van der Waals surface area contributed by atoms with Gasteiger partial charge in [-0.05, 0) is 55.0 Å². The van der Waals surface area contributed by atoms with Crippen molar-refractivity contribution in [2.24, 2.45) is 0 Å². The zero-order valence-electron chi connectivity index (χ0n) is 20.4. The summed E-state index contributed by atoms with van der Waals surface area (Å²) in [6.07, 6.45) is 8.84. The SMILES string of the molecule is CCC(Sc1cccc(NC(=O)N2c3ccccc3SC3C=CC=CC32)c1)C(=O)Nc1ccc(Cl)c(Cl)c1. The zero-order valence-corrected chi connectivity index (χ0v) is 23.6. The molecule has 194 valence electrons. The first-order chi connectivity index (χ1) is 18.4. The highest BCUT2D eigenvalue weighted by atomic mass is 35.5. The van der Waals surface area contributed by atoms with Crippen LogP contribution >= 0.6 is 46.7 Å². The average molecular weight is 583 g/mol. The lowest BCUT2D eigenvalue weighted by molar-refractivity contribution is -0.115. The van der Waals surface area contributed by atoms with Crippen LogP contribution in [0.1, 0.15) is 13.3 Å². The minimum Gasteiger partial charge on any atom is -0.325 e. The second-order valence-electron chi connectivity index (χ2n) is 8.77. The van der Waals surface area contributed by atoms with Crippen LogP contribution in [0.5, 0.6) is 0 Å². The quantitative estimate of drug-likeness (QED) is 0.286. The molecule has 5 nitrogen and oxygen atoms in total. The van der Waals surface area contributed by atoms with E-state index in [2.05, 4.69) is 22.8 Å². The van der Waals surface area contributed by atoms with E-state index in [1.165, 1.54) is 11.8 Å². The van der Waals surface area contributed by atoms with Gasteiger partial charge in [0, 0.05) is 21.2 Å². The summed E-state index contributed by atoms with van der Waals surface area (Å²) in [7, 11) is 0. The largest absolute Gasteiger partial charge is 0.326 e. The number of fused-ring (bicyclic) bond motifs is 2. The van der Waals surface area contributed by atoms with Crippen molar-refractivity contribution in [3.63, 3.8) is 0 Å². The molecule has 2 aliphatic rings. The van der Waals surface area contributed by atoms with Crippen LogP contribution in [0.3, 0.4) is 0 Å². The number of carbonyl (C=O) groups excluding carboxylic acids is 2. The highest BCUT2D eigenvalue weighted by molar-refractivity contribution is 8.00. The maximum absolute atomic E-state index is 13.6. The Morgan fingerprint density at radius 2 is 1.74 bits per heavy atom.